The molecule has 8 heteroatoms. The lowest BCUT2D eigenvalue weighted by Gasteiger charge is -2.26. The molecular weight excluding hydrogens is 326 g/mol. The normalized spacial score (nSPS) is 14.9. The first-order chi connectivity index (χ1) is 11.4. The van der Waals surface area contributed by atoms with Crippen LogP contribution in [0, 0.1) is 5.92 Å². The lowest BCUT2D eigenvalue weighted by Crippen LogP contribution is -2.52. The first-order valence-corrected chi connectivity index (χ1v) is 8.77. The Morgan fingerprint density at radius 3 is 2.50 bits per heavy atom. The maximum atomic E-state index is 12.6. The maximum absolute atomic E-state index is 12.6. The van der Waals surface area contributed by atoms with Gasteiger partial charge in [0, 0.05) is 6.04 Å². The summed E-state index contributed by atoms with van der Waals surface area (Å²) in [6, 6.07) is 2.76. The van der Waals surface area contributed by atoms with Gasteiger partial charge in [-0.25, -0.2) is 9.67 Å². The highest BCUT2D eigenvalue weighted by molar-refractivity contribution is 7.12. The highest BCUT2D eigenvalue weighted by Crippen LogP contribution is 2.12. The highest BCUT2D eigenvalue weighted by atomic mass is 32.1. The number of amides is 2. The van der Waals surface area contributed by atoms with Crippen LogP contribution in [-0.4, -0.2) is 38.7 Å². The minimum atomic E-state index is -0.593. The SMILES string of the molecule is CC(C)[C@H](NC(=O)c1cccs1)C(=O)N[C@H](C)[C@@H](C)n1cncn1. The van der Waals surface area contributed by atoms with E-state index >= 15 is 0 Å². The standard InChI is InChI=1S/C16H23N5O2S/c1-10(2)14(20-15(22)13-6-5-7-24-13)16(23)19-11(3)12(4)21-9-17-8-18-21/h5-12,14H,1-4H3,(H,19,23)(H,20,22)/t11-,12-,14+/m1/s1. The largest absolute Gasteiger partial charge is 0.350 e. The van der Waals surface area contributed by atoms with Crippen molar-refractivity contribution in [3.63, 3.8) is 0 Å². The van der Waals surface area contributed by atoms with Gasteiger partial charge in [-0.3, -0.25) is 9.59 Å². The van der Waals surface area contributed by atoms with E-state index in [-0.39, 0.29) is 29.8 Å². The minimum absolute atomic E-state index is 0.0252. The van der Waals surface area contributed by atoms with Crippen molar-refractivity contribution in [3.05, 3.63) is 35.0 Å². The summed E-state index contributed by atoms with van der Waals surface area (Å²) in [5.74, 6) is -0.451. The van der Waals surface area contributed by atoms with Crippen LogP contribution in [-0.2, 0) is 4.79 Å². The summed E-state index contributed by atoms with van der Waals surface area (Å²) in [5, 5.41) is 11.7. The fourth-order valence-corrected chi connectivity index (χ4v) is 2.87. The average Bonchev–Trinajstić information content (AvgIpc) is 3.23. The highest BCUT2D eigenvalue weighted by Gasteiger charge is 2.27. The van der Waals surface area contributed by atoms with Crippen LogP contribution in [0.25, 0.3) is 0 Å². The Balaban J connectivity index is 1.99. The van der Waals surface area contributed by atoms with Crippen LogP contribution in [0.15, 0.2) is 30.2 Å². The van der Waals surface area contributed by atoms with Crippen molar-refractivity contribution in [1.29, 1.82) is 0 Å². The molecule has 24 heavy (non-hydrogen) atoms. The number of carbonyl (C=O) groups excluding carboxylic acids is 2. The van der Waals surface area contributed by atoms with E-state index in [1.807, 2.05) is 39.1 Å². The molecule has 2 rings (SSSR count). The Morgan fingerprint density at radius 2 is 1.96 bits per heavy atom. The molecule has 2 N–H and O–H groups in total. The Hall–Kier alpha value is -2.22. The Bertz CT molecular complexity index is 654. The second kappa shape index (κ2) is 8.05. The third-order valence-electron chi connectivity index (χ3n) is 3.93. The van der Waals surface area contributed by atoms with Crippen molar-refractivity contribution in [1.82, 2.24) is 25.4 Å². The van der Waals surface area contributed by atoms with Crippen LogP contribution in [0.3, 0.4) is 0 Å². The fraction of sp³-hybridized carbons (Fsp3) is 0.500. The molecule has 0 aliphatic rings. The van der Waals surface area contributed by atoms with Gasteiger partial charge in [0.2, 0.25) is 5.91 Å². The van der Waals surface area contributed by atoms with Gasteiger partial charge in [-0.15, -0.1) is 11.3 Å². The molecule has 7 nitrogen and oxygen atoms in total. The van der Waals surface area contributed by atoms with Crippen molar-refractivity contribution in [2.45, 2.75) is 45.8 Å². The first kappa shape index (κ1) is 18.1. The van der Waals surface area contributed by atoms with Crippen LogP contribution in [0.5, 0.6) is 0 Å². The number of carbonyl (C=O) groups is 2. The van der Waals surface area contributed by atoms with Crippen molar-refractivity contribution in [3.8, 4) is 0 Å². The lowest BCUT2D eigenvalue weighted by molar-refractivity contribution is -0.124. The second-order valence-electron chi connectivity index (χ2n) is 6.09. The molecule has 130 valence electrons. The summed E-state index contributed by atoms with van der Waals surface area (Å²) in [6.45, 7) is 7.67. The molecule has 2 aromatic rings. The quantitative estimate of drug-likeness (QED) is 0.798. The molecule has 0 unspecified atom stereocenters. The van der Waals surface area contributed by atoms with Crippen LogP contribution in [0.4, 0.5) is 0 Å². The van der Waals surface area contributed by atoms with Gasteiger partial charge in [-0.05, 0) is 31.2 Å². The van der Waals surface area contributed by atoms with Crippen molar-refractivity contribution < 1.29 is 9.59 Å². The van der Waals surface area contributed by atoms with Crippen molar-refractivity contribution in [2.24, 2.45) is 5.92 Å². The van der Waals surface area contributed by atoms with Crippen molar-refractivity contribution >= 4 is 23.2 Å². The van der Waals surface area contributed by atoms with E-state index in [1.165, 1.54) is 17.7 Å². The molecule has 0 aliphatic heterocycles. The van der Waals surface area contributed by atoms with Gasteiger partial charge < -0.3 is 10.6 Å². The predicted octanol–water partition coefficient (Wildman–Crippen LogP) is 1.86. The Morgan fingerprint density at radius 1 is 1.21 bits per heavy atom. The summed E-state index contributed by atoms with van der Waals surface area (Å²) in [6.07, 6.45) is 3.08. The number of thiophene rings is 1. The summed E-state index contributed by atoms with van der Waals surface area (Å²) < 4.78 is 1.69. The molecule has 2 aromatic heterocycles. The number of aromatic nitrogens is 3. The molecule has 0 spiro atoms. The third-order valence-corrected chi connectivity index (χ3v) is 4.80. The van der Waals surface area contributed by atoms with Gasteiger partial charge >= 0.3 is 0 Å². The van der Waals surface area contributed by atoms with Crippen LogP contribution >= 0.6 is 11.3 Å². The number of rotatable bonds is 7. The second-order valence-corrected chi connectivity index (χ2v) is 7.03. The summed E-state index contributed by atoms with van der Waals surface area (Å²) >= 11 is 1.35. The first-order valence-electron chi connectivity index (χ1n) is 7.89. The van der Waals surface area contributed by atoms with Gasteiger partial charge in [-0.2, -0.15) is 5.10 Å². The van der Waals surface area contributed by atoms with E-state index in [0.29, 0.717) is 4.88 Å². The van der Waals surface area contributed by atoms with Crippen molar-refractivity contribution in [2.75, 3.05) is 0 Å². The van der Waals surface area contributed by atoms with E-state index in [1.54, 1.807) is 17.1 Å². The van der Waals surface area contributed by atoms with Gasteiger partial charge in [0.1, 0.15) is 18.7 Å². The molecule has 0 aliphatic carbocycles. The Labute approximate surface area is 145 Å². The van der Waals surface area contributed by atoms with E-state index in [0.717, 1.165) is 0 Å². The summed E-state index contributed by atoms with van der Waals surface area (Å²) in [7, 11) is 0. The average molecular weight is 349 g/mol. The maximum Gasteiger partial charge on any atom is 0.262 e. The van der Waals surface area contributed by atoms with Crippen LogP contribution in [0.1, 0.15) is 43.4 Å². The van der Waals surface area contributed by atoms with E-state index in [4.69, 9.17) is 0 Å². The molecular formula is C16H23N5O2S. The zero-order chi connectivity index (χ0) is 17.7. The number of hydrogen-bond donors (Lipinski definition) is 2. The minimum Gasteiger partial charge on any atom is -0.350 e. The molecule has 0 radical (unpaired) electrons. The van der Waals surface area contributed by atoms with Crippen LogP contribution < -0.4 is 10.6 Å². The predicted molar refractivity (Wildman–Crippen MR) is 92.7 cm³/mol. The molecule has 0 bridgehead atoms. The zero-order valence-electron chi connectivity index (χ0n) is 14.3. The smallest absolute Gasteiger partial charge is 0.262 e. The van der Waals surface area contributed by atoms with Gasteiger partial charge in [0.05, 0.1) is 10.9 Å². The summed E-state index contributed by atoms with van der Waals surface area (Å²) in [4.78, 5) is 29.3. The van der Waals surface area contributed by atoms with E-state index in [2.05, 4.69) is 20.7 Å². The molecule has 0 fully saturated rings. The molecule has 0 saturated heterocycles. The Kier molecular flexibility index (Phi) is 6.08. The fourth-order valence-electron chi connectivity index (χ4n) is 2.25. The zero-order valence-corrected chi connectivity index (χ0v) is 15.1. The summed E-state index contributed by atoms with van der Waals surface area (Å²) in [5.41, 5.74) is 0. The van der Waals surface area contributed by atoms with Gasteiger partial charge in [0.25, 0.3) is 5.91 Å². The monoisotopic (exact) mass is 349 g/mol. The molecule has 2 heterocycles. The lowest BCUT2D eigenvalue weighted by atomic mass is 10.0. The third kappa shape index (κ3) is 4.41. The topological polar surface area (TPSA) is 88.9 Å². The van der Waals surface area contributed by atoms with Gasteiger partial charge in [0.15, 0.2) is 0 Å². The number of hydrogen-bond acceptors (Lipinski definition) is 5. The molecule has 3 atom stereocenters. The molecule has 2 amide bonds. The number of nitrogens with zero attached hydrogens (tertiary/aromatic N) is 3. The molecule has 0 saturated carbocycles. The number of nitrogens with one attached hydrogen (secondary N) is 2. The molecule has 0 aromatic carbocycles. The van der Waals surface area contributed by atoms with E-state index in [9.17, 15) is 9.59 Å². The van der Waals surface area contributed by atoms with Crippen LogP contribution in [0.2, 0.25) is 0 Å². The van der Waals surface area contributed by atoms with E-state index < -0.39 is 6.04 Å². The van der Waals surface area contributed by atoms with Gasteiger partial charge in [-0.1, -0.05) is 19.9 Å².